The van der Waals surface area contributed by atoms with Gasteiger partial charge in [-0.15, -0.1) is 0 Å². The summed E-state index contributed by atoms with van der Waals surface area (Å²) in [6, 6.07) is 0. The first-order chi connectivity index (χ1) is 11.2. The van der Waals surface area contributed by atoms with E-state index >= 15 is 0 Å². The van der Waals surface area contributed by atoms with Crippen molar-refractivity contribution in [2.45, 2.75) is 131 Å². The third kappa shape index (κ3) is 15.4. The van der Waals surface area contributed by atoms with Crippen molar-refractivity contribution in [1.29, 1.82) is 0 Å². The van der Waals surface area contributed by atoms with Crippen LogP contribution in [-0.4, -0.2) is 16.5 Å². The van der Waals surface area contributed by atoms with E-state index in [1.807, 2.05) is 0 Å². The zero-order valence-electron chi connectivity index (χ0n) is 17.4. The highest BCUT2D eigenvalue weighted by molar-refractivity contribution is 4.69. The zero-order valence-corrected chi connectivity index (χ0v) is 17.4. The van der Waals surface area contributed by atoms with Crippen molar-refractivity contribution in [3.63, 3.8) is 0 Å². The second-order valence-electron chi connectivity index (χ2n) is 9.40. The van der Waals surface area contributed by atoms with Gasteiger partial charge in [-0.25, -0.2) is 0 Å². The van der Waals surface area contributed by atoms with Gasteiger partial charge in [-0.05, 0) is 23.7 Å². The van der Waals surface area contributed by atoms with Gasteiger partial charge in [0.05, 0.1) is 0 Å². The Hall–Kier alpha value is -0.0800. The van der Waals surface area contributed by atoms with Gasteiger partial charge in [-0.3, -0.25) is 0 Å². The number of aliphatic hydroxyl groups is 2. The van der Waals surface area contributed by atoms with Crippen LogP contribution in [0.3, 0.4) is 0 Å². The van der Waals surface area contributed by atoms with Gasteiger partial charge in [0.25, 0.3) is 0 Å². The summed E-state index contributed by atoms with van der Waals surface area (Å²) in [7, 11) is 0. The first kappa shape index (κ1) is 23.9. The van der Waals surface area contributed by atoms with Crippen LogP contribution in [0.4, 0.5) is 0 Å². The Balaban J connectivity index is 3.32. The minimum atomic E-state index is -1.16. The maximum Gasteiger partial charge on any atom is 0.151 e. The molecule has 0 rings (SSSR count). The van der Waals surface area contributed by atoms with Crippen molar-refractivity contribution in [2.75, 3.05) is 0 Å². The fourth-order valence-electron chi connectivity index (χ4n) is 3.39. The average Bonchev–Trinajstić information content (AvgIpc) is 2.47. The van der Waals surface area contributed by atoms with Crippen LogP contribution in [0, 0.1) is 10.8 Å². The normalized spacial score (nSPS) is 13.0. The highest BCUT2D eigenvalue weighted by Gasteiger charge is 2.20. The highest BCUT2D eigenvalue weighted by atomic mass is 16.5. The lowest BCUT2D eigenvalue weighted by atomic mass is 9.83. The molecule has 0 atom stereocenters. The molecule has 0 aromatic rings. The molecule has 2 heteroatoms. The second kappa shape index (κ2) is 13.2. The average molecular weight is 343 g/mol. The van der Waals surface area contributed by atoms with E-state index in [1.165, 1.54) is 77.0 Å². The molecule has 2 nitrogen and oxygen atoms in total. The van der Waals surface area contributed by atoms with Crippen LogP contribution < -0.4 is 0 Å². The van der Waals surface area contributed by atoms with Crippen LogP contribution in [0.15, 0.2) is 0 Å². The summed E-state index contributed by atoms with van der Waals surface area (Å²) in [5, 5.41) is 18.1. The first-order valence-electron chi connectivity index (χ1n) is 10.5. The van der Waals surface area contributed by atoms with Gasteiger partial charge < -0.3 is 10.2 Å². The Bertz CT molecular complexity index is 282. The topological polar surface area (TPSA) is 40.5 Å². The number of hydrogen-bond donors (Lipinski definition) is 2. The minimum absolute atomic E-state index is 0.0561. The van der Waals surface area contributed by atoms with Crippen LogP contribution in [-0.2, 0) is 0 Å². The van der Waals surface area contributed by atoms with Crippen molar-refractivity contribution in [3.8, 4) is 0 Å². The van der Waals surface area contributed by atoms with Gasteiger partial charge in [-0.2, -0.15) is 0 Å². The van der Waals surface area contributed by atoms with E-state index < -0.39 is 6.29 Å². The lowest BCUT2D eigenvalue weighted by Crippen LogP contribution is -2.20. The highest BCUT2D eigenvalue weighted by Crippen LogP contribution is 2.29. The van der Waals surface area contributed by atoms with Gasteiger partial charge in [0, 0.05) is 6.42 Å². The van der Waals surface area contributed by atoms with Gasteiger partial charge >= 0.3 is 0 Å². The molecule has 0 saturated carbocycles. The van der Waals surface area contributed by atoms with Gasteiger partial charge in [0.1, 0.15) is 0 Å². The molecular weight excluding hydrogens is 296 g/mol. The second-order valence-corrected chi connectivity index (χ2v) is 9.40. The predicted molar refractivity (Wildman–Crippen MR) is 106 cm³/mol. The summed E-state index contributed by atoms with van der Waals surface area (Å²) >= 11 is 0. The molecule has 2 N–H and O–H groups in total. The van der Waals surface area contributed by atoms with Gasteiger partial charge in [0.15, 0.2) is 6.29 Å². The molecule has 0 unspecified atom stereocenters. The molecule has 0 bridgehead atoms. The Morgan fingerprint density at radius 3 is 1.25 bits per heavy atom. The summed E-state index contributed by atoms with van der Waals surface area (Å²) in [5.74, 6) is 0. The van der Waals surface area contributed by atoms with E-state index in [4.69, 9.17) is 10.2 Å². The zero-order chi connectivity index (χ0) is 18.5. The fraction of sp³-hybridized carbons (Fsp3) is 1.00. The maximum absolute atomic E-state index is 9.07. The monoisotopic (exact) mass is 342 g/mol. The molecule has 0 aromatic heterocycles. The van der Waals surface area contributed by atoms with Gasteiger partial charge in [-0.1, -0.05) is 105 Å². The number of rotatable bonds is 16. The molecule has 0 aliphatic heterocycles. The molecule has 0 radical (unpaired) electrons. The van der Waals surface area contributed by atoms with Crippen LogP contribution in [0.25, 0.3) is 0 Å². The lowest BCUT2D eigenvalue weighted by Gasteiger charge is -2.25. The van der Waals surface area contributed by atoms with Crippen LogP contribution >= 0.6 is 0 Å². The maximum atomic E-state index is 9.07. The van der Waals surface area contributed by atoms with E-state index in [2.05, 4.69) is 34.6 Å². The summed E-state index contributed by atoms with van der Waals surface area (Å²) in [6.07, 6.45) is 16.7. The molecule has 146 valence electrons. The van der Waals surface area contributed by atoms with Crippen molar-refractivity contribution >= 4 is 0 Å². The van der Waals surface area contributed by atoms with Crippen LogP contribution in [0.1, 0.15) is 125 Å². The van der Waals surface area contributed by atoms with Crippen molar-refractivity contribution in [3.05, 3.63) is 0 Å². The molecule has 0 fully saturated rings. The Morgan fingerprint density at radius 1 is 0.583 bits per heavy atom. The molecule has 0 spiro atoms. The predicted octanol–water partition coefficient (Wildman–Crippen LogP) is 6.83. The van der Waals surface area contributed by atoms with Gasteiger partial charge in [0.2, 0.25) is 0 Å². The molecule has 24 heavy (non-hydrogen) atoms. The number of hydrogen-bond acceptors (Lipinski definition) is 2. The Kier molecular flexibility index (Phi) is 13.1. The molecular formula is C22H46O2. The fourth-order valence-corrected chi connectivity index (χ4v) is 3.39. The molecule has 0 saturated heterocycles. The van der Waals surface area contributed by atoms with E-state index in [9.17, 15) is 0 Å². The molecule has 0 aromatic carbocycles. The molecule has 0 aliphatic carbocycles. The Labute approximate surface area is 152 Å². The summed E-state index contributed by atoms with van der Waals surface area (Å²) in [6.45, 7) is 11.3. The third-order valence-corrected chi connectivity index (χ3v) is 5.65. The van der Waals surface area contributed by atoms with Crippen molar-refractivity contribution in [2.24, 2.45) is 10.8 Å². The first-order valence-corrected chi connectivity index (χ1v) is 10.5. The van der Waals surface area contributed by atoms with E-state index in [-0.39, 0.29) is 5.41 Å². The third-order valence-electron chi connectivity index (χ3n) is 5.65. The van der Waals surface area contributed by atoms with E-state index in [0.29, 0.717) is 11.8 Å². The largest absolute Gasteiger partial charge is 0.368 e. The van der Waals surface area contributed by atoms with Crippen molar-refractivity contribution < 1.29 is 10.2 Å². The standard InChI is InChI=1S/C22H46O2/c1-6-21(2,3)17-15-13-11-9-7-8-10-12-14-16-18-22(4,5)19-20(23)24/h20,23-24H,6-19H2,1-5H3. The number of unbranched alkanes of at least 4 members (excludes halogenated alkanes) is 9. The number of aliphatic hydroxyl groups excluding tert-OH is 1. The summed E-state index contributed by atoms with van der Waals surface area (Å²) in [5.41, 5.74) is 0.602. The molecule has 0 amide bonds. The minimum Gasteiger partial charge on any atom is -0.368 e. The van der Waals surface area contributed by atoms with Crippen LogP contribution in [0.5, 0.6) is 0 Å². The lowest BCUT2D eigenvalue weighted by molar-refractivity contribution is -0.0688. The van der Waals surface area contributed by atoms with Crippen molar-refractivity contribution in [1.82, 2.24) is 0 Å². The summed E-state index contributed by atoms with van der Waals surface area (Å²) < 4.78 is 0. The van der Waals surface area contributed by atoms with E-state index in [0.717, 1.165) is 6.42 Å². The SMILES string of the molecule is CCC(C)(C)CCCCCCCCCCCCC(C)(C)CC(O)O. The van der Waals surface area contributed by atoms with E-state index in [1.54, 1.807) is 0 Å². The van der Waals surface area contributed by atoms with Crippen LogP contribution in [0.2, 0.25) is 0 Å². The molecule has 0 aliphatic rings. The summed E-state index contributed by atoms with van der Waals surface area (Å²) in [4.78, 5) is 0. The molecule has 0 heterocycles. The quantitative estimate of drug-likeness (QED) is 0.238. The smallest absolute Gasteiger partial charge is 0.151 e. The Morgan fingerprint density at radius 2 is 0.917 bits per heavy atom.